The summed E-state index contributed by atoms with van der Waals surface area (Å²) in [6.07, 6.45) is -3.75. The molecule has 0 bridgehead atoms. The molecule has 0 aromatic heterocycles. The number of hydrogen-bond donors (Lipinski definition) is 6. The maximum Gasteiger partial charge on any atom is 0.338 e. The number of aliphatic hydroxyl groups is 2. The van der Waals surface area contributed by atoms with Crippen LogP contribution in [0.15, 0.2) is 23.8 Å². The Morgan fingerprint density at radius 1 is 1.09 bits per heavy atom. The molecule has 0 heterocycles. The van der Waals surface area contributed by atoms with Crippen LogP contribution in [0.2, 0.25) is 0 Å². The van der Waals surface area contributed by atoms with E-state index in [1.165, 1.54) is 0 Å². The highest BCUT2D eigenvalue weighted by atomic mass is 16.6. The molecule has 2 rings (SSSR count). The predicted octanol–water partition coefficient (Wildman–Crippen LogP) is -0.535. The molecule has 23 heavy (non-hydrogen) atoms. The van der Waals surface area contributed by atoms with E-state index in [9.17, 15) is 35.1 Å². The first-order valence-electron chi connectivity index (χ1n) is 6.46. The molecule has 0 aliphatic heterocycles. The molecule has 3 atom stereocenters. The zero-order chi connectivity index (χ0) is 17.3. The van der Waals surface area contributed by atoms with Crippen LogP contribution < -0.4 is 0 Å². The number of aromatic hydroxyl groups is 3. The topological polar surface area (TPSA) is 165 Å². The summed E-state index contributed by atoms with van der Waals surface area (Å²) >= 11 is 0. The average Bonchev–Trinajstić information content (AvgIpc) is 2.47. The lowest BCUT2D eigenvalue weighted by Gasteiger charge is -2.30. The third-order valence-corrected chi connectivity index (χ3v) is 3.34. The van der Waals surface area contributed by atoms with Crippen LogP contribution in [0.5, 0.6) is 17.2 Å². The van der Waals surface area contributed by atoms with Crippen molar-refractivity contribution in [3.8, 4) is 17.2 Å². The molecule has 0 unspecified atom stereocenters. The van der Waals surface area contributed by atoms with Crippen LogP contribution in [0.3, 0.4) is 0 Å². The monoisotopic (exact) mass is 326 g/mol. The van der Waals surface area contributed by atoms with E-state index >= 15 is 0 Å². The van der Waals surface area contributed by atoms with Crippen molar-refractivity contribution >= 4 is 11.9 Å². The van der Waals surface area contributed by atoms with Crippen molar-refractivity contribution in [3.05, 3.63) is 29.3 Å². The number of ether oxygens (including phenoxy) is 1. The van der Waals surface area contributed by atoms with Gasteiger partial charge in [0.2, 0.25) is 0 Å². The second-order valence-corrected chi connectivity index (χ2v) is 4.99. The first kappa shape index (κ1) is 16.6. The van der Waals surface area contributed by atoms with Crippen LogP contribution in [0, 0.1) is 0 Å². The third-order valence-electron chi connectivity index (χ3n) is 3.34. The molecule has 0 saturated carbocycles. The summed E-state index contributed by atoms with van der Waals surface area (Å²) in [6, 6.07) is 1.66. The van der Waals surface area contributed by atoms with Gasteiger partial charge in [-0.1, -0.05) is 0 Å². The summed E-state index contributed by atoms with van der Waals surface area (Å²) < 4.78 is 4.90. The van der Waals surface area contributed by atoms with E-state index in [1.54, 1.807) is 0 Å². The molecule has 124 valence electrons. The molecule has 1 aromatic rings. The number of carboxylic acid groups (broad SMARTS) is 1. The van der Waals surface area contributed by atoms with E-state index in [2.05, 4.69) is 0 Å². The molecular weight excluding hydrogens is 312 g/mol. The molecule has 0 spiro atoms. The van der Waals surface area contributed by atoms with Gasteiger partial charge in [0, 0.05) is 12.0 Å². The van der Waals surface area contributed by atoms with Crippen molar-refractivity contribution in [2.24, 2.45) is 0 Å². The Hall–Kier alpha value is -2.78. The Bertz CT molecular complexity index is 656. The number of carboxylic acids is 1. The summed E-state index contributed by atoms with van der Waals surface area (Å²) in [4.78, 5) is 22.8. The summed E-state index contributed by atoms with van der Waals surface area (Å²) in [5.74, 6) is -4.72. The highest BCUT2D eigenvalue weighted by molar-refractivity contribution is 5.91. The normalized spacial score (nSPS) is 23.9. The number of phenols is 3. The van der Waals surface area contributed by atoms with Crippen molar-refractivity contribution in [3.63, 3.8) is 0 Å². The first-order chi connectivity index (χ1) is 10.7. The quantitative estimate of drug-likeness (QED) is 0.316. The van der Waals surface area contributed by atoms with Crippen molar-refractivity contribution in [2.45, 2.75) is 24.7 Å². The summed E-state index contributed by atoms with van der Waals surface area (Å²) in [7, 11) is 0. The number of phenolic OH excluding ortho intramolecular Hbond substituents is 3. The van der Waals surface area contributed by atoms with Gasteiger partial charge in [-0.3, -0.25) is 0 Å². The zero-order valence-corrected chi connectivity index (χ0v) is 11.6. The van der Waals surface area contributed by atoms with E-state index in [0.717, 1.165) is 18.2 Å². The minimum atomic E-state index is -1.53. The summed E-state index contributed by atoms with van der Waals surface area (Å²) in [5.41, 5.74) is -0.539. The highest BCUT2D eigenvalue weighted by Gasteiger charge is 2.36. The molecule has 0 radical (unpaired) electrons. The first-order valence-corrected chi connectivity index (χ1v) is 6.46. The predicted molar refractivity (Wildman–Crippen MR) is 73.0 cm³/mol. The molecule has 1 aromatic carbocycles. The molecule has 0 fully saturated rings. The van der Waals surface area contributed by atoms with E-state index in [1.807, 2.05) is 0 Å². The fourth-order valence-corrected chi connectivity index (χ4v) is 2.16. The Morgan fingerprint density at radius 2 is 1.65 bits per heavy atom. The highest BCUT2D eigenvalue weighted by Crippen LogP contribution is 2.35. The van der Waals surface area contributed by atoms with E-state index in [-0.39, 0.29) is 17.6 Å². The Morgan fingerprint density at radius 3 is 2.13 bits per heavy atom. The minimum absolute atomic E-state index is 0.211. The minimum Gasteiger partial charge on any atom is -0.504 e. The van der Waals surface area contributed by atoms with Gasteiger partial charge in [0.05, 0.1) is 11.7 Å². The second-order valence-electron chi connectivity index (χ2n) is 4.99. The third kappa shape index (κ3) is 3.35. The van der Waals surface area contributed by atoms with Gasteiger partial charge in [-0.2, -0.15) is 0 Å². The molecular formula is C14H14O9. The Labute approximate surface area is 129 Å². The van der Waals surface area contributed by atoms with Crippen LogP contribution in [0.25, 0.3) is 0 Å². The Kier molecular flexibility index (Phi) is 4.43. The smallest absolute Gasteiger partial charge is 0.338 e. The number of aliphatic hydroxyl groups excluding tert-OH is 2. The number of rotatable bonds is 3. The molecule has 9 nitrogen and oxygen atoms in total. The van der Waals surface area contributed by atoms with Gasteiger partial charge < -0.3 is 35.4 Å². The number of benzene rings is 1. The molecule has 1 aliphatic carbocycles. The fourth-order valence-electron chi connectivity index (χ4n) is 2.16. The average molecular weight is 326 g/mol. The lowest BCUT2D eigenvalue weighted by atomic mass is 9.92. The molecule has 0 amide bonds. The van der Waals surface area contributed by atoms with E-state index < -0.39 is 47.5 Å². The summed E-state index contributed by atoms with van der Waals surface area (Å²) in [5, 5.41) is 56.3. The standard InChI is InChI=1S/C14H14O9/c15-7-3-6(4-8(16)11(7)19)14(22)23-12-9(17)1-5(13(20)21)2-10(12)18/h1,3-4,9-10,12,15-19H,2H2,(H,20,21)/t9-,10-,12-/m1/s1. The fraction of sp³-hybridized carbons (Fsp3) is 0.286. The SMILES string of the molecule is O=C(O)C1=C[C@@H](O)[C@@H](OC(=O)c2cc(O)c(O)c(O)c2)[C@H](O)C1. The van der Waals surface area contributed by atoms with Crippen molar-refractivity contribution < 1.29 is 45.0 Å². The van der Waals surface area contributed by atoms with Gasteiger partial charge in [0.25, 0.3) is 0 Å². The van der Waals surface area contributed by atoms with Gasteiger partial charge in [0.15, 0.2) is 23.4 Å². The van der Waals surface area contributed by atoms with Crippen LogP contribution in [0.4, 0.5) is 0 Å². The molecule has 6 N–H and O–H groups in total. The number of hydrogen-bond acceptors (Lipinski definition) is 8. The zero-order valence-electron chi connectivity index (χ0n) is 11.6. The van der Waals surface area contributed by atoms with Crippen LogP contribution in [0.1, 0.15) is 16.8 Å². The van der Waals surface area contributed by atoms with Crippen LogP contribution in [-0.4, -0.2) is 60.9 Å². The van der Waals surface area contributed by atoms with Crippen molar-refractivity contribution in [1.29, 1.82) is 0 Å². The van der Waals surface area contributed by atoms with Crippen molar-refractivity contribution in [1.82, 2.24) is 0 Å². The number of carbonyl (C=O) groups is 2. The van der Waals surface area contributed by atoms with E-state index in [0.29, 0.717) is 0 Å². The van der Waals surface area contributed by atoms with Gasteiger partial charge in [-0.25, -0.2) is 9.59 Å². The van der Waals surface area contributed by atoms with Crippen molar-refractivity contribution in [2.75, 3.05) is 0 Å². The maximum absolute atomic E-state index is 11.9. The lowest BCUT2D eigenvalue weighted by Crippen LogP contribution is -2.44. The molecule has 9 heteroatoms. The van der Waals surface area contributed by atoms with Gasteiger partial charge in [0.1, 0.15) is 6.10 Å². The second kappa shape index (κ2) is 6.15. The maximum atomic E-state index is 11.9. The lowest BCUT2D eigenvalue weighted by molar-refractivity contribution is -0.134. The number of carbonyl (C=O) groups excluding carboxylic acids is 1. The van der Waals surface area contributed by atoms with Crippen LogP contribution in [-0.2, 0) is 9.53 Å². The van der Waals surface area contributed by atoms with E-state index in [4.69, 9.17) is 9.84 Å². The van der Waals surface area contributed by atoms with Gasteiger partial charge in [-0.05, 0) is 18.2 Å². The largest absolute Gasteiger partial charge is 0.504 e. The number of aliphatic carboxylic acids is 1. The van der Waals surface area contributed by atoms with Crippen LogP contribution >= 0.6 is 0 Å². The molecule has 0 saturated heterocycles. The summed E-state index contributed by atoms with van der Waals surface area (Å²) in [6.45, 7) is 0. The van der Waals surface area contributed by atoms with Gasteiger partial charge in [-0.15, -0.1) is 0 Å². The van der Waals surface area contributed by atoms with Gasteiger partial charge >= 0.3 is 11.9 Å². The molecule has 1 aliphatic rings. The number of esters is 1. The Balaban J connectivity index is 2.19.